The molecule has 1 N–H and O–H groups in total. The smallest absolute Gasteiger partial charge is 0.324 e. The largest absolute Gasteiger partial charge is 0.486 e. The van der Waals surface area contributed by atoms with Crippen LogP contribution in [0.4, 0.5) is 10.8 Å². The number of nitro groups is 1. The number of aromatic nitrogens is 4. The van der Waals surface area contributed by atoms with Gasteiger partial charge in [-0.2, -0.15) is 5.10 Å². The summed E-state index contributed by atoms with van der Waals surface area (Å²) < 4.78 is 13.0. The lowest BCUT2D eigenvalue weighted by molar-refractivity contribution is -0.380. The monoisotopic (exact) mass is 514 g/mol. The second-order valence-electron chi connectivity index (χ2n) is 8.23. The van der Waals surface area contributed by atoms with Gasteiger partial charge in [0.05, 0.1) is 27.1 Å². The summed E-state index contributed by atoms with van der Waals surface area (Å²) in [6.07, 6.45) is 1.58. The van der Waals surface area contributed by atoms with Crippen molar-refractivity contribution in [2.45, 2.75) is 6.92 Å². The molecular formula is C25H18N6O5S. The summed E-state index contributed by atoms with van der Waals surface area (Å²) in [5.74, 6) is 1.26. The van der Waals surface area contributed by atoms with Gasteiger partial charge in [-0.15, -0.1) is 0 Å². The maximum Gasteiger partial charge on any atom is 0.324 e. The van der Waals surface area contributed by atoms with Crippen molar-refractivity contribution in [3.63, 3.8) is 0 Å². The zero-order valence-electron chi connectivity index (χ0n) is 19.4. The highest BCUT2D eigenvalue weighted by atomic mass is 32.1. The van der Waals surface area contributed by atoms with E-state index in [1.54, 1.807) is 23.0 Å². The van der Waals surface area contributed by atoms with Crippen molar-refractivity contribution in [2.75, 3.05) is 18.5 Å². The quantitative estimate of drug-likeness (QED) is 0.261. The molecule has 4 heterocycles. The average molecular weight is 515 g/mol. The van der Waals surface area contributed by atoms with Crippen LogP contribution in [0.15, 0.2) is 60.8 Å². The van der Waals surface area contributed by atoms with Gasteiger partial charge in [0.2, 0.25) is 0 Å². The highest BCUT2D eigenvalue weighted by Crippen LogP contribution is 2.35. The summed E-state index contributed by atoms with van der Waals surface area (Å²) in [7, 11) is 0. The molecule has 5 aromatic rings. The average Bonchev–Trinajstić information content (AvgIpc) is 3.57. The fourth-order valence-corrected chi connectivity index (χ4v) is 4.62. The van der Waals surface area contributed by atoms with Crippen molar-refractivity contribution in [2.24, 2.45) is 0 Å². The van der Waals surface area contributed by atoms with Crippen molar-refractivity contribution in [1.29, 1.82) is 0 Å². The molecule has 184 valence electrons. The molecule has 1 aliphatic heterocycles. The minimum absolute atomic E-state index is 0.123. The number of rotatable bonds is 5. The van der Waals surface area contributed by atoms with E-state index >= 15 is 0 Å². The Hall–Kier alpha value is -4.84. The molecule has 0 spiro atoms. The van der Waals surface area contributed by atoms with E-state index in [1.807, 2.05) is 37.3 Å². The molecule has 0 atom stereocenters. The molecular weight excluding hydrogens is 496 g/mol. The van der Waals surface area contributed by atoms with Crippen LogP contribution in [0.5, 0.6) is 11.5 Å². The Bertz CT molecular complexity index is 1680. The number of thiophene rings is 1. The van der Waals surface area contributed by atoms with Gasteiger partial charge in [-0.25, -0.2) is 14.6 Å². The lowest BCUT2D eigenvalue weighted by Crippen LogP contribution is -2.15. The van der Waals surface area contributed by atoms with Crippen LogP contribution in [0, 0.1) is 17.0 Å². The van der Waals surface area contributed by atoms with E-state index in [4.69, 9.17) is 14.5 Å². The number of amides is 1. The summed E-state index contributed by atoms with van der Waals surface area (Å²) in [5.41, 5.74) is 3.03. The van der Waals surface area contributed by atoms with Crippen LogP contribution >= 0.6 is 11.3 Å². The Morgan fingerprint density at radius 2 is 1.84 bits per heavy atom. The Kier molecular flexibility index (Phi) is 5.49. The number of nitrogens with zero attached hydrogens (tertiary/aromatic N) is 5. The second kappa shape index (κ2) is 8.99. The molecule has 1 amide bonds. The minimum atomic E-state index is -0.532. The molecule has 0 saturated carbocycles. The molecule has 0 bridgehead atoms. The number of ether oxygens (including phenoxy) is 2. The summed E-state index contributed by atoms with van der Waals surface area (Å²) >= 11 is 0.787. The van der Waals surface area contributed by atoms with E-state index in [0.717, 1.165) is 22.6 Å². The molecule has 0 radical (unpaired) electrons. The van der Waals surface area contributed by atoms with Gasteiger partial charge in [0.1, 0.15) is 19.0 Å². The molecule has 1 aliphatic rings. The summed E-state index contributed by atoms with van der Waals surface area (Å²) in [5, 5.41) is 18.7. The highest BCUT2D eigenvalue weighted by Gasteiger charge is 2.21. The third-order valence-electron chi connectivity index (χ3n) is 5.73. The van der Waals surface area contributed by atoms with Crippen LogP contribution in [-0.2, 0) is 0 Å². The Labute approximate surface area is 213 Å². The van der Waals surface area contributed by atoms with Crippen molar-refractivity contribution in [3.8, 4) is 28.6 Å². The number of carbonyl (C=O) groups excluding carboxylic acids is 1. The van der Waals surface area contributed by atoms with Crippen LogP contribution in [0.1, 0.15) is 15.2 Å². The van der Waals surface area contributed by atoms with E-state index in [0.29, 0.717) is 47.1 Å². The van der Waals surface area contributed by atoms with Crippen molar-refractivity contribution in [1.82, 2.24) is 19.7 Å². The first-order chi connectivity index (χ1) is 18.0. The Morgan fingerprint density at radius 1 is 1.05 bits per heavy atom. The molecule has 0 saturated heterocycles. The number of anilines is 1. The molecule has 3 aromatic heterocycles. The molecule has 2 aromatic carbocycles. The summed E-state index contributed by atoms with van der Waals surface area (Å²) in [6, 6.07) is 15.9. The maximum absolute atomic E-state index is 13.0. The molecule has 6 rings (SSSR count). The molecule has 0 unspecified atom stereocenters. The standard InChI is InChI=1S/C25H18N6O5S/c1-14-2-5-16(6-3-14)30-24-17(13-26-30)23(29-25(32)20-8-9-21(37-20)31(33)34)27-22(28-24)15-4-7-18-19(12-15)36-11-10-35-18/h2-9,12-13H,10-11H2,1H3,(H,27,28,29,32). The van der Waals surface area contributed by atoms with Crippen molar-refractivity contribution < 1.29 is 19.2 Å². The first-order valence-corrected chi connectivity index (χ1v) is 12.1. The first-order valence-electron chi connectivity index (χ1n) is 11.2. The molecule has 0 fully saturated rings. The van der Waals surface area contributed by atoms with E-state index in [9.17, 15) is 14.9 Å². The maximum atomic E-state index is 13.0. The molecule has 0 aliphatic carbocycles. The number of carbonyl (C=O) groups is 1. The highest BCUT2D eigenvalue weighted by molar-refractivity contribution is 7.17. The number of hydrogen-bond donors (Lipinski definition) is 1. The van der Waals surface area contributed by atoms with Gasteiger partial charge in [-0.05, 0) is 43.3 Å². The lowest BCUT2D eigenvalue weighted by Gasteiger charge is -2.18. The van der Waals surface area contributed by atoms with E-state index < -0.39 is 10.8 Å². The van der Waals surface area contributed by atoms with Gasteiger partial charge in [0, 0.05) is 11.6 Å². The van der Waals surface area contributed by atoms with E-state index in [-0.39, 0.29) is 15.7 Å². The number of hydrogen-bond acceptors (Lipinski definition) is 9. The molecule has 37 heavy (non-hydrogen) atoms. The van der Waals surface area contributed by atoms with Crippen LogP contribution in [0.25, 0.3) is 28.1 Å². The normalized spacial score (nSPS) is 12.5. The van der Waals surface area contributed by atoms with Gasteiger partial charge in [-0.1, -0.05) is 29.0 Å². The molecule has 11 nitrogen and oxygen atoms in total. The van der Waals surface area contributed by atoms with Gasteiger partial charge in [0.25, 0.3) is 5.91 Å². The molecule has 12 heteroatoms. The van der Waals surface area contributed by atoms with Crippen LogP contribution in [-0.4, -0.2) is 43.8 Å². The number of nitrogens with one attached hydrogen (secondary N) is 1. The van der Waals surface area contributed by atoms with Gasteiger partial charge < -0.3 is 14.8 Å². The SMILES string of the molecule is Cc1ccc(-n2ncc3c(NC(=O)c4ccc([N+](=O)[O-])s4)nc(-c4ccc5c(c4)OCCO5)nc32)cc1. The predicted molar refractivity (Wildman–Crippen MR) is 137 cm³/mol. The number of fused-ring (bicyclic) bond motifs is 2. The Balaban J connectivity index is 1.47. The third kappa shape index (κ3) is 4.23. The van der Waals surface area contributed by atoms with Gasteiger partial charge in [-0.3, -0.25) is 14.9 Å². The second-order valence-corrected chi connectivity index (χ2v) is 9.29. The zero-order chi connectivity index (χ0) is 25.5. The topological polar surface area (TPSA) is 134 Å². The van der Waals surface area contributed by atoms with Gasteiger partial charge >= 0.3 is 5.00 Å². The van der Waals surface area contributed by atoms with Crippen molar-refractivity contribution in [3.05, 3.63) is 81.3 Å². The fraction of sp³-hybridized carbons (Fsp3) is 0.120. The third-order valence-corrected chi connectivity index (χ3v) is 6.77. The minimum Gasteiger partial charge on any atom is -0.486 e. The fourth-order valence-electron chi connectivity index (χ4n) is 3.91. The van der Waals surface area contributed by atoms with Crippen LogP contribution < -0.4 is 14.8 Å². The van der Waals surface area contributed by atoms with Crippen molar-refractivity contribution >= 4 is 39.1 Å². The number of aryl methyl sites for hydroxylation is 1. The predicted octanol–water partition coefficient (Wildman–Crippen LogP) is 4.78. The van der Waals surface area contributed by atoms with Gasteiger partial charge in [0.15, 0.2) is 23.0 Å². The summed E-state index contributed by atoms with van der Waals surface area (Å²) in [6.45, 7) is 2.90. The number of benzene rings is 2. The Morgan fingerprint density at radius 3 is 2.59 bits per heavy atom. The van der Waals surface area contributed by atoms with Crippen LogP contribution in [0.2, 0.25) is 0 Å². The summed E-state index contributed by atoms with van der Waals surface area (Å²) in [4.78, 5) is 33.1. The lowest BCUT2D eigenvalue weighted by atomic mass is 10.1. The zero-order valence-corrected chi connectivity index (χ0v) is 20.2. The van der Waals surface area contributed by atoms with E-state index in [2.05, 4.69) is 15.4 Å². The first kappa shape index (κ1) is 22.6. The van der Waals surface area contributed by atoms with Crippen LogP contribution in [0.3, 0.4) is 0 Å². The van der Waals surface area contributed by atoms with E-state index in [1.165, 1.54) is 12.1 Å².